The first-order chi connectivity index (χ1) is 4.65. The molecule has 1 unspecified atom stereocenters. The summed E-state index contributed by atoms with van der Waals surface area (Å²) in [4.78, 5) is 0. The van der Waals surface area contributed by atoms with Gasteiger partial charge in [-0.2, -0.15) is 12.6 Å². The lowest BCUT2D eigenvalue weighted by Gasteiger charge is -2.29. The van der Waals surface area contributed by atoms with Crippen LogP contribution in [-0.2, 0) is 0 Å². The number of allylic oxidation sites excluding steroid dienone is 3. The first-order valence-electron chi connectivity index (χ1n) is 3.72. The van der Waals surface area contributed by atoms with Crippen LogP contribution in [0.15, 0.2) is 24.3 Å². The molecule has 0 spiro atoms. The van der Waals surface area contributed by atoms with Gasteiger partial charge in [-0.1, -0.05) is 38.2 Å². The number of rotatable bonds is 1. The zero-order valence-corrected chi connectivity index (χ0v) is 7.44. The van der Waals surface area contributed by atoms with Crippen LogP contribution in [0.3, 0.4) is 0 Å². The maximum Gasteiger partial charge on any atom is 0.0369 e. The van der Waals surface area contributed by atoms with Crippen molar-refractivity contribution in [2.24, 2.45) is 5.92 Å². The van der Waals surface area contributed by atoms with Gasteiger partial charge in [-0.05, 0) is 12.3 Å². The fraction of sp³-hybridized carbons (Fsp3) is 0.556. The first-order valence-corrected chi connectivity index (χ1v) is 4.16. The molecule has 0 aromatic rings. The molecule has 0 aliphatic heterocycles. The molecule has 0 fully saturated rings. The van der Waals surface area contributed by atoms with E-state index in [1.807, 2.05) is 0 Å². The summed E-state index contributed by atoms with van der Waals surface area (Å²) in [5, 5.41) is 0. The fourth-order valence-electron chi connectivity index (χ4n) is 1.05. The minimum absolute atomic E-state index is 0.106. The summed E-state index contributed by atoms with van der Waals surface area (Å²) in [7, 11) is 0. The fourth-order valence-corrected chi connectivity index (χ4v) is 1.25. The largest absolute Gasteiger partial charge is 0.168 e. The third-order valence-corrected chi connectivity index (χ3v) is 2.92. The van der Waals surface area contributed by atoms with Crippen LogP contribution in [0.1, 0.15) is 20.3 Å². The second-order valence-corrected chi connectivity index (χ2v) is 3.97. The van der Waals surface area contributed by atoms with Gasteiger partial charge in [-0.25, -0.2) is 0 Å². The minimum atomic E-state index is 0.106. The van der Waals surface area contributed by atoms with Crippen molar-refractivity contribution in [1.82, 2.24) is 0 Å². The molecule has 0 aromatic heterocycles. The molecule has 0 saturated heterocycles. The molecule has 0 amide bonds. The molecule has 0 radical (unpaired) electrons. The summed E-state index contributed by atoms with van der Waals surface area (Å²) >= 11 is 4.61. The smallest absolute Gasteiger partial charge is 0.0369 e. The van der Waals surface area contributed by atoms with Gasteiger partial charge in [0.1, 0.15) is 0 Å². The van der Waals surface area contributed by atoms with Crippen molar-refractivity contribution >= 4 is 12.6 Å². The lowest BCUT2D eigenvalue weighted by Crippen LogP contribution is -2.25. The van der Waals surface area contributed by atoms with Crippen LogP contribution in [0, 0.1) is 5.92 Å². The van der Waals surface area contributed by atoms with Gasteiger partial charge >= 0.3 is 0 Å². The molecule has 0 saturated carbocycles. The van der Waals surface area contributed by atoms with Gasteiger partial charge in [0.25, 0.3) is 0 Å². The Labute approximate surface area is 68.4 Å². The van der Waals surface area contributed by atoms with Crippen molar-refractivity contribution in [2.75, 3.05) is 0 Å². The highest BCUT2D eigenvalue weighted by Gasteiger charge is 2.25. The van der Waals surface area contributed by atoms with E-state index in [9.17, 15) is 0 Å². The Bertz CT molecular complexity index is 168. The highest BCUT2D eigenvalue weighted by molar-refractivity contribution is 7.82. The zero-order valence-electron chi connectivity index (χ0n) is 6.54. The van der Waals surface area contributed by atoms with Crippen LogP contribution in [0.2, 0.25) is 0 Å². The SMILES string of the molecule is CC(C)C1(S)C=CC=CC1. The molecule has 10 heavy (non-hydrogen) atoms. The van der Waals surface area contributed by atoms with Crippen LogP contribution in [0.4, 0.5) is 0 Å². The molecular weight excluding hydrogens is 140 g/mol. The van der Waals surface area contributed by atoms with Gasteiger partial charge in [-0.3, -0.25) is 0 Å². The average Bonchev–Trinajstić information content (AvgIpc) is 1.89. The predicted molar refractivity (Wildman–Crippen MR) is 49.5 cm³/mol. The molecule has 1 heteroatoms. The van der Waals surface area contributed by atoms with E-state index in [-0.39, 0.29) is 4.75 Å². The van der Waals surface area contributed by atoms with Crippen molar-refractivity contribution in [3.8, 4) is 0 Å². The Hall–Kier alpha value is -0.170. The summed E-state index contributed by atoms with van der Waals surface area (Å²) in [5.41, 5.74) is 0. The van der Waals surface area contributed by atoms with Gasteiger partial charge in [0.2, 0.25) is 0 Å². The van der Waals surface area contributed by atoms with Gasteiger partial charge < -0.3 is 0 Å². The Balaban J connectivity index is 2.70. The van der Waals surface area contributed by atoms with Gasteiger partial charge in [0.15, 0.2) is 0 Å². The van der Waals surface area contributed by atoms with E-state index in [0.717, 1.165) is 6.42 Å². The average molecular weight is 154 g/mol. The van der Waals surface area contributed by atoms with Crippen LogP contribution in [-0.4, -0.2) is 4.75 Å². The van der Waals surface area contributed by atoms with E-state index in [1.54, 1.807) is 0 Å². The Morgan fingerprint density at radius 3 is 2.40 bits per heavy atom. The van der Waals surface area contributed by atoms with E-state index >= 15 is 0 Å². The van der Waals surface area contributed by atoms with Gasteiger partial charge in [0, 0.05) is 4.75 Å². The zero-order chi connectivity index (χ0) is 7.61. The number of hydrogen-bond acceptors (Lipinski definition) is 1. The van der Waals surface area contributed by atoms with Crippen LogP contribution in [0.5, 0.6) is 0 Å². The molecule has 0 bridgehead atoms. The molecule has 0 aromatic carbocycles. The van der Waals surface area contributed by atoms with Crippen LogP contribution >= 0.6 is 12.6 Å². The summed E-state index contributed by atoms with van der Waals surface area (Å²) < 4.78 is 0.106. The number of thiol groups is 1. The third-order valence-electron chi connectivity index (χ3n) is 2.08. The maximum atomic E-state index is 4.61. The van der Waals surface area contributed by atoms with Crippen molar-refractivity contribution < 1.29 is 0 Å². The highest BCUT2D eigenvalue weighted by atomic mass is 32.1. The quantitative estimate of drug-likeness (QED) is 0.552. The molecule has 1 atom stereocenters. The van der Waals surface area contributed by atoms with Crippen molar-refractivity contribution in [1.29, 1.82) is 0 Å². The van der Waals surface area contributed by atoms with Gasteiger partial charge in [-0.15, -0.1) is 0 Å². The third kappa shape index (κ3) is 1.46. The lowest BCUT2D eigenvalue weighted by molar-refractivity contribution is 0.516. The van der Waals surface area contributed by atoms with Crippen molar-refractivity contribution in [3.05, 3.63) is 24.3 Å². The highest BCUT2D eigenvalue weighted by Crippen LogP contribution is 2.32. The summed E-state index contributed by atoms with van der Waals surface area (Å²) in [6.45, 7) is 4.41. The van der Waals surface area contributed by atoms with E-state index in [4.69, 9.17) is 0 Å². The molecule has 1 aliphatic rings. The van der Waals surface area contributed by atoms with E-state index in [2.05, 4.69) is 50.8 Å². The summed E-state index contributed by atoms with van der Waals surface area (Å²) in [6.07, 6.45) is 9.57. The van der Waals surface area contributed by atoms with Crippen molar-refractivity contribution in [2.45, 2.75) is 25.0 Å². The molecule has 0 heterocycles. The first kappa shape index (κ1) is 7.93. The second kappa shape index (κ2) is 2.83. The maximum absolute atomic E-state index is 4.61. The monoisotopic (exact) mass is 154 g/mol. The van der Waals surface area contributed by atoms with E-state index < -0.39 is 0 Å². The van der Waals surface area contributed by atoms with Crippen LogP contribution in [0.25, 0.3) is 0 Å². The second-order valence-electron chi connectivity index (χ2n) is 3.14. The molecule has 0 N–H and O–H groups in total. The Morgan fingerprint density at radius 2 is 2.10 bits per heavy atom. The van der Waals surface area contributed by atoms with Crippen molar-refractivity contribution in [3.63, 3.8) is 0 Å². The number of hydrogen-bond donors (Lipinski definition) is 1. The molecule has 1 aliphatic carbocycles. The van der Waals surface area contributed by atoms with E-state index in [1.165, 1.54) is 0 Å². The Kier molecular flexibility index (Phi) is 2.24. The predicted octanol–water partition coefficient (Wildman–Crippen LogP) is 2.83. The van der Waals surface area contributed by atoms with Gasteiger partial charge in [0.05, 0.1) is 0 Å². The summed E-state index contributed by atoms with van der Waals surface area (Å²) in [6, 6.07) is 0. The lowest BCUT2D eigenvalue weighted by atomic mass is 9.88. The molecule has 0 nitrogen and oxygen atoms in total. The minimum Gasteiger partial charge on any atom is -0.168 e. The van der Waals surface area contributed by atoms with Crippen LogP contribution < -0.4 is 0 Å². The molecule has 1 rings (SSSR count). The topological polar surface area (TPSA) is 0 Å². The molecule has 56 valence electrons. The molecular formula is C9H14S. The summed E-state index contributed by atoms with van der Waals surface area (Å²) in [5.74, 6) is 0.608. The van der Waals surface area contributed by atoms with E-state index in [0.29, 0.717) is 5.92 Å². The standard InChI is InChI=1S/C9H14S/c1-8(2)9(10)6-4-3-5-7-9/h3-6,8,10H,7H2,1-2H3. The Morgan fingerprint density at radius 1 is 1.40 bits per heavy atom. The normalized spacial score (nSPS) is 31.6.